The molecule has 0 aliphatic carbocycles. The normalized spacial score (nSPS) is 10.6. The number of anilines is 1. The van der Waals surface area contributed by atoms with E-state index in [0.29, 0.717) is 5.58 Å². The molecule has 0 bridgehead atoms. The summed E-state index contributed by atoms with van der Waals surface area (Å²) in [6, 6.07) is 7.42. The van der Waals surface area contributed by atoms with E-state index in [4.69, 9.17) is 10.2 Å². The lowest BCUT2D eigenvalue weighted by molar-refractivity contribution is 0.562. The highest BCUT2D eigenvalue weighted by atomic mass is 16.4. The fourth-order valence-electron chi connectivity index (χ4n) is 1.61. The van der Waals surface area contributed by atoms with E-state index in [0.717, 1.165) is 17.4 Å². The molecule has 0 radical (unpaired) electrons. The van der Waals surface area contributed by atoms with Crippen molar-refractivity contribution in [3.05, 3.63) is 40.2 Å². The van der Waals surface area contributed by atoms with Crippen LogP contribution in [-0.4, -0.2) is 0 Å². The van der Waals surface area contributed by atoms with Crippen LogP contribution in [0.4, 0.5) is 5.69 Å². The van der Waals surface area contributed by atoms with Gasteiger partial charge >= 0.3 is 5.63 Å². The van der Waals surface area contributed by atoms with Crippen LogP contribution >= 0.6 is 0 Å². The second-order valence-corrected chi connectivity index (χ2v) is 3.13. The predicted molar refractivity (Wildman–Crippen MR) is 56.3 cm³/mol. The van der Waals surface area contributed by atoms with Gasteiger partial charge in [-0.1, -0.05) is 25.1 Å². The van der Waals surface area contributed by atoms with Crippen LogP contribution in [0.25, 0.3) is 11.0 Å². The Morgan fingerprint density at radius 3 is 2.79 bits per heavy atom. The van der Waals surface area contributed by atoms with Crippen LogP contribution in [0.15, 0.2) is 33.5 Å². The molecule has 2 rings (SSSR count). The third-order valence-corrected chi connectivity index (χ3v) is 2.31. The van der Waals surface area contributed by atoms with Crippen molar-refractivity contribution in [1.82, 2.24) is 0 Å². The largest absolute Gasteiger partial charge is 0.421 e. The number of hydrogen-bond donors (Lipinski definition) is 1. The lowest BCUT2D eigenvalue weighted by atomic mass is 10.1. The Morgan fingerprint density at radius 2 is 2.07 bits per heavy atom. The van der Waals surface area contributed by atoms with Crippen LogP contribution < -0.4 is 11.4 Å². The number of hydrogen-bond acceptors (Lipinski definition) is 3. The van der Waals surface area contributed by atoms with E-state index in [9.17, 15) is 4.79 Å². The van der Waals surface area contributed by atoms with Gasteiger partial charge in [-0.15, -0.1) is 0 Å². The van der Waals surface area contributed by atoms with Crippen LogP contribution in [-0.2, 0) is 6.42 Å². The molecular weight excluding hydrogens is 178 g/mol. The summed E-state index contributed by atoms with van der Waals surface area (Å²) in [7, 11) is 0. The zero-order chi connectivity index (χ0) is 10.1. The van der Waals surface area contributed by atoms with E-state index in [1.54, 1.807) is 6.07 Å². The lowest BCUT2D eigenvalue weighted by Crippen LogP contribution is -2.10. The summed E-state index contributed by atoms with van der Waals surface area (Å²) in [5.41, 5.74) is 6.91. The Kier molecular flexibility index (Phi) is 2.00. The third-order valence-electron chi connectivity index (χ3n) is 2.31. The van der Waals surface area contributed by atoms with Gasteiger partial charge in [-0.05, 0) is 18.1 Å². The monoisotopic (exact) mass is 189 g/mol. The Morgan fingerprint density at radius 1 is 1.36 bits per heavy atom. The summed E-state index contributed by atoms with van der Waals surface area (Å²) in [5, 5.41) is 0.923. The molecular formula is C11H11NO2. The lowest BCUT2D eigenvalue weighted by Gasteiger charge is -2.04. The minimum atomic E-state index is -0.444. The van der Waals surface area contributed by atoms with Gasteiger partial charge in [-0.3, -0.25) is 0 Å². The highest BCUT2D eigenvalue weighted by Crippen LogP contribution is 2.21. The Hall–Kier alpha value is -1.77. The predicted octanol–water partition coefficient (Wildman–Crippen LogP) is 1.94. The first-order valence-corrected chi connectivity index (χ1v) is 4.54. The number of para-hydroxylation sites is 1. The summed E-state index contributed by atoms with van der Waals surface area (Å²) < 4.78 is 5.05. The van der Waals surface area contributed by atoms with Crippen molar-refractivity contribution in [2.45, 2.75) is 13.3 Å². The second-order valence-electron chi connectivity index (χ2n) is 3.13. The van der Waals surface area contributed by atoms with Crippen LogP contribution in [0.3, 0.4) is 0 Å². The average Bonchev–Trinajstić information content (AvgIpc) is 2.20. The molecule has 0 unspecified atom stereocenters. The van der Waals surface area contributed by atoms with Gasteiger partial charge in [0.25, 0.3) is 0 Å². The zero-order valence-corrected chi connectivity index (χ0v) is 7.91. The molecule has 0 fully saturated rings. The van der Waals surface area contributed by atoms with E-state index < -0.39 is 5.63 Å². The van der Waals surface area contributed by atoms with Gasteiger partial charge in [0, 0.05) is 5.39 Å². The highest BCUT2D eigenvalue weighted by molar-refractivity contribution is 5.84. The molecule has 2 N–H and O–H groups in total. The number of fused-ring (bicyclic) bond motifs is 1. The van der Waals surface area contributed by atoms with Crippen molar-refractivity contribution in [2.24, 2.45) is 0 Å². The maximum atomic E-state index is 11.3. The van der Waals surface area contributed by atoms with Gasteiger partial charge in [0.2, 0.25) is 0 Å². The van der Waals surface area contributed by atoms with E-state index >= 15 is 0 Å². The van der Waals surface area contributed by atoms with E-state index in [1.165, 1.54) is 0 Å². The summed E-state index contributed by atoms with van der Waals surface area (Å²) in [6.07, 6.45) is 0.734. The van der Waals surface area contributed by atoms with Crippen molar-refractivity contribution < 1.29 is 4.42 Å². The number of nitrogens with two attached hydrogens (primary N) is 1. The molecule has 0 spiro atoms. The molecule has 14 heavy (non-hydrogen) atoms. The summed E-state index contributed by atoms with van der Waals surface area (Å²) in [6.45, 7) is 1.97. The molecule has 72 valence electrons. The van der Waals surface area contributed by atoms with Crippen LogP contribution in [0.2, 0.25) is 0 Å². The van der Waals surface area contributed by atoms with Gasteiger partial charge in [-0.2, -0.15) is 0 Å². The standard InChI is InChI=1S/C11H11NO2/c1-2-7-8-5-3-4-6-9(8)14-11(13)10(7)12/h3-6H,2,12H2,1H3. The molecule has 1 aromatic carbocycles. The van der Waals surface area contributed by atoms with Crippen molar-refractivity contribution in [2.75, 3.05) is 5.73 Å². The third kappa shape index (κ3) is 1.18. The zero-order valence-electron chi connectivity index (χ0n) is 7.91. The molecule has 0 atom stereocenters. The van der Waals surface area contributed by atoms with E-state index in [-0.39, 0.29) is 5.69 Å². The second kappa shape index (κ2) is 3.18. The van der Waals surface area contributed by atoms with Crippen LogP contribution in [0.5, 0.6) is 0 Å². The molecule has 3 heteroatoms. The molecule has 2 aromatic rings. The fraction of sp³-hybridized carbons (Fsp3) is 0.182. The van der Waals surface area contributed by atoms with Crippen LogP contribution in [0, 0.1) is 0 Å². The van der Waals surface area contributed by atoms with Crippen molar-refractivity contribution in [1.29, 1.82) is 0 Å². The first-order chi connectivity index (χ1) is 6.74. The van der Waals surface area contributed by atoms with Gasteiger partial charge in [-0.25, -0.2) is 4.79 Å². The molecule has 0 saturated heterocycles. The van der Waals surface area contributed by atoms with Crippen molar-refractivity contribution in [3.63, 3.8) is 0 Å². The Labute approximate surface area is 81.1 Å². The number of rotatable bonds is 1. The average molecular weight is 189 g/mol. The van der Waals surface area contributed by atoms with E-state index in [1.807, 2.05) is 25.1 Å². The summed E-state index contributed by atoms with van der Waals surface area (Å²) in [5.74, 6) is 0. The van der Waals surface area contributed by atoms with E-state index in [2.05, 4.69) is 0 Å². The summed E-state index contributed by atoms with van der Waals surface area (Å²) in [4.78, 5) is 11.3. The Bertz CT molecular complexity index is 528. The smallest absolute Gasteiger partial charge is 0.359 e. The SMILES string of the molecule is CCc1c(N)c(=O)oc2ccccc12. The minimum Gasteiger partial charge on any atom is -0.421 e. The van der Waals surface area contributed by atoms with Crippen molar-refractivity contribution >= 4 is 16.7 Å². The number of aryl methyl sites for hydroxylation is 1. The van der Waals surface area contributed by atoms with Gasteiger partial charge in [0.15, 0.2) is 0 Å². The van der Waals surface area contributed by atoms with Crippen LogP contribution in [0.1, 0.15) is 12.5 Å². The van der Waals surface area contributed by atoms with Crippen molar-refractivity contribution in [3.8, 4) is 0 Å². The first-order valence-electron chi connectivity index (χ1n) is 4.54. The molecule has 1 aromatic heterocycles. The maximum Gasteiger partial charge on any atom is 0.359 e. The molecule has 0 saturated carbocycles. The topological polar surface area (TPSA) is 56.2 Å². The molecule has 3 nitrogen and oxygen atoms in total. The minimum absolute atomic E-state index is 0.228. The highest BCUT2D eigenvalue weighted by Gasteiger charge is 2.08. The quantitative estimate of drug-likeness (QED) is 0.697. The number of nitrogen functional groups attached to an aromatic ring is 1. The summed E-state index contributed by atoms with van der Waals surface area (Å²) >= 11 is 0. The molecule has 0 aliphatic heterocycles. The first kappa shape index (κ1) is 8.81. The number of benzene rings is 1. The molecule has 0 aliphatic rings. The van der Waals surface area contributed by atoms with Gasteiger partial charge < -0.3 is 10.2 Å². The molecule has 1 heterocycles. The maximum absolute atomic E-state index is 11.3. The Balaban J connectivity index is 2.96. The molecule has 0 amide bonds. The van der Waals surface area contributed by atoms with Gasteiger partial charge in [0.05, 0.1) is 0 Å². The van der Waals surface area contributed by atoms with Gasteiger partial charge in [0.1, 0.15) is 11.3 Å². The fourth-order valence-corrected chi connectivity index (χ4v) is 1.61.